The van der Waals surface area contributed by atoms with Gasteiger partial charge in [0.15, 0.2) is 0 Å². The van der Waals surface area contributed by atoms with E-state index >= 15 is 0 Å². The molecule has 4 atom stereocenters. The molecule has 1 aromatic carbocycles. The predicted molar refractivity (Wildman–Crippen MR) is 150 cm³/mol. The van der Waals surface area contributed by atoms with Crippen molar-refractivity contribution < 1.29 is 18.0 Å². The van der Waals surface area contributed by atoms with Crippen molar-refractivity contribution in [1.82, 2.24) is 24.5 Å². The minimum absolute atomic E-state index is 0.0139. The number of sulfonamides is 1. The monoisotopic (exact) mass is 565 g/mol. The van der Waals surface area contributed by atoms with Crippen LogP contribution in [-0.4, -0.2) is 70.5 Å². The zero-order chi connectivity index (χ0) is 27.9. The van der Waals surface area contributed by atoms with Crippen molar-refractivity contribution in [3.05, 3.63) is 53.6 Å². The number of rotatable bonds is 6. The van der Waals surface area contributed by atoms with E-state index in [-0.39, 0.29) is 28.4 Å². The van der Waals surface area contributed by atoms with Crippen LogP contribution in [0.3, 0.4) is 0 Å². The number of nitrogens with zero attached hydrogens (tertiary/aromatic N) is 3. The zero-order valence-corrected chi connectivity index (χ0v) is 24.2. The number of nitrogens with one attached hydrogen (secondary N) is 2. The average Bonchev–Trinajstić information content (AvgIpc) is 3.71. The van der Waals surface area contributed by atoms with E-state index in [0.29, 0.717) is 32.4 Å². The zero-order valence-electron chi connectivity index (χ0n) is 23.4. The molecule has 0 radical (unpaired) electrons. The third-order valence-corrected chi connectivity index (χ3v) is 13.7. The predicted octanol–water partition coefficient (Wildman–Crippen LogP) is 3.38. The Morgan fingerprint density at radius 1 is 1.07 bits per heavy atom. The largest absolute Gasteiger partial charge is 0.348 e. The van der Waals surface area contributed by atoms with Gasteiger partial charge in [0.1, 0.15) is 6.04 Å². The molecule has 1 unspecified atom stereocenters. The van der Waals surface area contributed by atoms with Crippen molar-refractivity contribution in [2.24, 2.45) is 16.7 Å². The summed E-state index contributed by atoms with van der Waals surface area (Å²) in [4.78, 5) is 35.3. The lowest BCUT2D eigenvalue weighted by atomic mass is 9.68. The molecule has 4 fully saturated rings. The number of carbonyl (C=O) groups is 2. The number of H-pyrrole nitrogens is 1. The highest BCUT2D eigenvalue weighted by Gasteiger charge is 2.69. The first kappa shape index (κ1) is 26.2. The lowest BCUT2D eigenvalue weighted by Gasteiger charge is -2.46. The maximum atomic E-state index is 14.2. The van der Waals surface area contributed by atoms with Gasteiger partial charge in [-0.15, -0.1) is 0 Å². The third-order valence-electron chi connectivity index (χ3n) is 11.7. The van der Waals surface area contributed by atoms with Gasteiger partial charge in [-0.1, -0.05) is 38.1 Å². The molecule has 2 aliphatic heterocycles. The molecule has 3 aliphatic carbocycles. The van der Waals surface area contributed by atoms with Crippen molar-refractivity contribution in [2.45, 2.75) is 82.7 Å². The normalized spacial score (nSPS) is 32.6. The SMILES string of the molecule is CC1(C)[C@@H]2CC[C@@]1(CS(=O)(=O)N1CCC3(CCc4ccccc43)CC1)[C@@H](N1C(=O)NC(Cc3cnc[nH]3)C1=O)C2. The molecule has 3 heterocycles. The number of hydrogen-bond donors (Lipinski definition) is 2. The molecule has 2 saturated carbocycles. The van der Waals surface area contributed by atoms with Crippen molar-refractivity contribution in [1.29, 1.82) is 0 Å². The Labute approximate surface area is 236 Å². The topological polar surface area (TPSA) is 115 Å². The van der Waals surface area contributed by atoms with E-state index in [2.05, 4.69) is 53.4 Å². The van der Waals surface area contributed by atoms with Gasteiger partial charge in [-0.2, -0.15) is 0 Å². The number of imide groups is 1. The number of piperidine rings is 1. The Morgan fingerprint density at radius 3 is 2.58 bits per heavy atom. The Balaban J connectivity index is 1.13. The number of urea groups is 1. The smallest absolute Gasteiger partial charge is 0.325 e. The van der Waals surface area contributed by atoms with Gasteiger partial charge in [0.2, 0.25) is 10.0 Å². The van der Waals surface area contributed by atoms with Crippen molar-refractivity contribution in [2.75, 3.05) is 18.8 Å². The molecule has 10 heteroatoms. The average molecular weight is 566 g/mol. The second-order valence-corrected chi connectivity index (χ2v) is 15.4. The molecule has 40 heavy (non-hydrogen) atoms. The summed E-state index contributed by atoms with van der Waals surface area (Å²) in [6, 6.07) is 7.14. The first-order valence-electron chi connectivity index (χ1n) is 14.7. The molecule has 5 aliphatic rings. The second-order valence-electron chi connectivity index (χ2n) is 13.4. The van der Waals surface area contributed by atoms with E-state index in [1.165, 1.54) is 16.0 Å². The van der Waals surface area contributed by atoms with E-state index in [0.717, 1.165) is 37.8 Å². The van der Waals surface area contributed by atoms with Crippen LogP contribution < -0.4 is 5.32 Å². The minimum atomic E-state index is -3.61. The first-order chi connectivity index (χ1) is 19.1. The van der Waals surface area contributed by atoms with Crippen LogP contribution in [0.1, 0.15) is 69.2 Å². The second kappa shape index (κ2) is 8.89. The minimum Gasteiger partial charge on any atom is -0.348 e. The summed E-state index contributed by atoms with van der Waals surface area (Å²) in [6.07, 6.45) is 9.70. The van der Waals surface area contributed by atoms with Crippen molar-refractivity contribution in [3.63, 3.8) is 0 Å². The molecule has 7 rings (SSSR count). The van der Waals surface area contributed by atoms with Gasteiger partial charge < -0.3 is 10.3 Å². The third kappa shape index (κ3) is 3.67. The standard InChI is InChI=1S/C30H39N5O4S/c1-28(2)21-8-10-30(28,25(15-21)35-26(36)24(33-27(35)37)16-22-17-31-19-32-22)18-40(38,39)34-13-11-29(12-14-34)9-7-20-5-3-4-6-23(20)29/h3-6,17,19,21,24-25H,7-16,18H2,1-2H3,(H,31,32)(H,33,37)/t21-,24?,25+,30-/m1/s1. The number of aromatic nitrogens is 2. The summed E-state index contributed by atoms with van der Waals surface area (Å²) in [5, 5.41) is 2.86. The van der Waals surface area contributed by atoms with Crippen LogP contribution in [-0.2, 0) is 33.1 Å². The van der Waals surface area contributed by atoms with Crippen LogP contribution >= 0.6 is 0 Å². The Bertz CT molecular complexity index is 1450. The Morgan fingerprint density at radius 2 is 1.85 bits per heavy atom. The van der Waals surface area contributed by atoms with E-state index in [1.54, 1.807) is 16.8 Å². The lowest BCUT2D eigenvalue weighted by Crippen LogP contribution is -2.56. The quantitative estimate of drug-likeness (QED) is 0.521. The van der Waals surface area contributed by atoms with Gasteiger partial charge in [-0.25, -0.2) is 22.5 Å². The maximum Gasteiger partial charge on any atom is 0.325 e. The molecule has 1 aromatic heterocycles. The molecule has 9 nitrogen and oxygen atoms in total. The fourth-order valence-electron chi connectivity index (χ4n) is 9.22. The van der Waals surface area contributed by atoms with Crippen LogP contribution in [0.5, 0.6) is 0 Å². The summed E-state index contributed by atoms with van der Waals surface area (Å²) >= 11 is 0. The van der Waals surface area contributed by atoms with Crippen LogP contribution in [0.15, 0.2) is 36.8 Å². The molecule has 2 N–H and O–H groups in total. The van der Waals surface area contributed by atoms with E-state index in [1.807, 2.05) is 0 Å². The van der Waals surface area contributed by atoms with Gasteiger partial charge in [0, 0.05) is 42.9 Å². The number of amides is 3. The first-order valence-corrected chi connectivity index (χ1v) is 16.3. The maximum absolute atomic E-state index is 14.2. The summed E-state index contributed by atoms with van der Waals surface area (Å²) < 4.78 is 30.1. The fraction of sp³-hybridized carbons (Fsp3) is 0.633. The molecule has 2 bridgehead atoms. The van der Waals surface area contributed by atoms with Gasteiger partial charge in [0.25, 0.3) is 5.91 Å². The summed E-state index contributed by atoms with van der Waals surface area (Å²) in [5.74, 6) is 0.00383. The summed E-state index contributed by atoms with van der Waals surface area (Å²) in [7, 11) is -3.61. The van der Waals surface area contributed by atoms with Gasteiger partial charge in [-0.05, 0) is 72.8 Å². The van der Waals surface area contributed by atoms with Gasteiger partial charge in [-0.3, -0.25) is 9.69 Å². The van der Waals surface area contributed by atoms with Crippen LogP contribution in [0.4, 0.5) is 4.79 Å². The Hall–Kier alpha value is -2.72. The van der Waals surface area contributed by atoms with E-state index in [9.17, 15) is 18.0 Å². The number of imidazole rings is 1. The molecule has 2 aromatic rings. The van der Waals surface area contributed by atoms with E-state index < -0.39 is 33.6 Å². The highest BCUT2D eigenvalue weighted by molar-refractivity contribution is 7.89. The molecular weight excluding hydrogens is 526 g/mol. The van der Waals surface area contributed by atoms with Crippen LogP contribution in [0.2, 0.25) is 0 Å². The fourth-order valence-corrected chi connectivity index (χ4v) is 11.5. The van der Waals surface area contributed by atoms with Gasteiger partial charge in [0.05, 0.1) is 12.1 Å². The molecular formula is C30H39N5O4S. The molecule has 214 valence electrons. The number of aromatic amines is 1. The number of aryl methyl sites for hydroxylation is 1. The van der Waals surface area contributed by atoms with Crippen molar-refractivity contribution in [3.8, 4) is 0 Å². The molecule has 1 spiro atoms. The van der Waals surface area contributed by atoms with Gasteiger partial charge >= 0.3 is 6.03 Å². The summed E-state index contributed by atoms with van der Waals surface area (Å²) in [5.41, 5.74) is 2.71. The summed E-state index contributed by atoms with van der Waals surface area (Å²) in [6.45, 7) is 5.36. The number of hydrogen-bond acceptors (Lipinski definition) is 5. The molecule has 3 amide bonds. The number of benzene rings is 1. The highest BCUT2D eigenvalue weighted by Crippen LogP contribution is 2.67. The van der Waals surface area contributed by atoms with Crippen LogP contribution in [0, 0.1) is 16.7 Å². The molecule has 2 saturated heterocycles. The van der Waals surface area contributed by atoms with E-state index in [4.69, 9.17) is 0 Å². The van der Waals surface area contributed by atoms with Crippen LogP contribution in [0.25, 0.3) is 0 Å². The number of carbonyl (C=O) groups excluding carboxylic acids is 2. The number of fused-ring (bicyclic) bond motifs is 4. The Kier molecular flexibility index (Phi) is 5.82. The van der Waals surface area contributed by atoms with Crippen molar-refractivity contribution >= 4 is 22.0 Å². The highest BCUT2D eigenvalue weighted by atomic mass is 32.2. The lowest BCUT2D eigenvalue weighted by molar-refractivity contribution is -0.131.